The van der Waals surface area contributed by atoms with E-state index >= 15 is 0 Å². The molecule has 0 spiro atoms. The Morgan fingerprint density at radius 1 is 1.23 bits per heavy atom. The number of nitrogens with zero attached hydrogens (tertiary/aromatic N) is 2. The Hall–Kier alpha value is -2.71. The van der Waals surface area contributed by atoms with Gasteiger partial charge >= 0.3 is 12.3 Å². The van der Waals surface area contributed by atoms with Crippen LogP contribution in [0.4, 0.5) is 29.3 Å². The lowest BCUT2D eigenvalue weighted by atomic mass is 9.93. The van der Waals surface area contributed by atoms with Crippen molar-refractivity contribution in [1.29, 1.82) is 0 Å². The summed E-state index contributed by atoms with van der Waals surface area (Å²) in [5, 5.41) is 3.67. The van der Waals surface area contributed by atoms with Crippen LogP contribution in [0.5, 0.6) is 0 Å². The number of para-hydroxylation sites is 1. The van der Waals surface area contributed by atoms with E-state index in [2.05, 4.69) is 10.3 Å². The molecule has 9 heteroatoms. The molecule has 0 atom stereocenters. The number of pyridine rings is 1. The summed E-state index contributed by atoms with van der Waals surface area (Å²) >= 11 is 0. The molecule has 170 valence electrons. The monoisotopic (exact) mass is 438 g/mol. The smallest absolute Gasteiger partial charge is 0.435 e. The van der Waals surface area contributed by atoms with Crippen molar-refractivity contribution >= 4 is 28.4 Å². The number of nitrogens with two attached hydrogens (primary N) is 1. The Bertz CT molecular complexity index is 933. The average molecular weight is 438 g/mol. The number of piperidine rings is 1. The molecule has 3 rings (SSSR count). The molecule has 1 aliphatic heterocycles. The van der Waals surface area contributed by atoms with Crippen molar-refractivity contribution in [2.24, 2.45) is 5.92 Å². The number of rotatable bonds is 4. The highest BCUT2D eigenvalue weighted by Gasteiger charge is 2.37. The first-order valence-electron chi connectivity index (χ1n) is 10.4. The van der Waals surface area contributed by atoms with Gasteiger partial charge in [-0.2, -0.15) is 13.2 Å². The van der Waals surface area contributed by atoms with Crippen LogP contribution < -0.4 is 11.1 Å². The largest absolute Gasteiger partial charge is 0.444 e. The number of ether oxygens (including phenoxy) is 1. The molecule has 0 saturated carbocycles. The van der Waals surface area contributed by atoms with Gasteiger partial charge in [-0.05, 0) is 52.0 Å². The quantitative estimate of drug-likeness (QED) is 0.678. The van der Waals surface area contributed by atoms with E-state index in [0.29, 0.717) is 30.9 Å². The zero-order valence-corrected chi connectivity index (χ0v) is 18.1. The Morgan fingerprint density at radius 3 is 2.48 bits per heavy atom. The molecular formula is C22H29F3N4O2. The fourth-order valence-corrected chi connectivity index (χ4v) is 3.77. The van der Waals surface area contributed by atoms with Gasteiger partial charge in [-0.1, -0.05) is 18.2 Å². The third kappa shape index (κ3) is 5.71. The van der Waals surface area contributed by atoms with Crippen LogP contribution in [-0.2, 0) is 10.9 Å². The fourth-order valence-electron chi connectivity index (χ4n) is 3.77. The summed E-state index contributed by atoms with van der Waals surface area (Å²) in [6.45, 7) is 7.20. The van der Waals surface area contributed by atoms with Gasteiger partial charge in [-0.15, -0.1) is 0 Å². The van der Waals surface area contributed by atoms with Crippen LogP contribution in [0, 0.1) is 5.92 Å². The van der Waals surface area contributed by atoms with Crippen molar-refractivity contribution in [3.8, 4) is 0 Å². The normalized spacial score (nSPS) is 15.9. The summed E-state index contributed by atoms with van der Waals surface area (Å²) in [5.41, 5.74) is 4.39. The molecule has 0 unspecified atom stereocenters. The molecule has 0 aliphatic carbocycles. The molecule has 1 aromatic heterocycles. The first-order chi connectivity index (χ1) is 14.5. The van der Waals surface area contributed by atoms with Gasteiger partial charge < -0.3 is 20.7 Å². The molecule has 1 fully saturated rings. The molecule has 2 aromatic rings. The van der Waals surface area contributed by atoms with Crippen LogP contribution in [-0.4, -0.2) is 41.2 Å². The number of alkyl halides is 3. The van der Waals surface area contributed by atoms with Crippen molar-refractivity contribution < 1.29 is 22.7 Å². The number of hydrogen-bond donors (Lipinski definition) is 2. The van der Waals surface area contributed by atoms with Gasteiger partial charge in [0.15, 0.2) is 5.69 Å². The third-order valence-electron chi connectivity index (χ3n) is 5.32. The van der Waals surface area contributed by atoms with Crippen molar-refractivity contribution in [2.45, 2.75) is 51.8 Å². The van der Waals surface area contributed by atoms with Gasteiger partial charge in [0.05, 0.1) is 16.9 Å². The van der Waals surface area contributed by atoms with Crippen LogP contribution >= 0.6 is 0 Å². The molecule has 1 saturated heterocycles. The SMILES string of the molecule is CC(C)(C)OC(=O)N1CCC(CCNc2c(N)c(C(F)(F)F)nc3ccccc23)CC1. The minimum atomic E-state index is -4.63. The standard InChI is InChI=1S/C22H29F3N4O2/c1-21(2,3)31-20(30)29-12-9-14(10-13-29)8-11-27-18-15-6-4-5-7-16(15)28-19(17(18)26)22(23,24)25/h4-7,14H,8-13,26H2,1-3H3,(H,27,28). The zero-order chi connectivity index (χ0) is 22.8. The molecule has 6 nitrogen and oxygen atoms in total. The summed E-state index contributed by atoms with van der Waals surface area (Å²) in [6, 6.07) is 6.64. The van der Waals surface area contributed by atoms with Crippen LogP contribution in [0.1, 0.15) is 45.7 Å². The van der Waals surface area contributed by atoms with E-state index in [4.69, 9.17) is 10.5 Å². The van der Waals surface area contributed by atoms with Crippen LogP contribution in [0.25, 0.3) is 10.9 Å². The summed E-state index contributed by atoms with van der Waals surface area (Å²) < 4.78 is 45.5. The van der Waals surface area contributed by atoms with Crippen molar-refractivity contribution in [3.05, 3.63) is 30.0 Å². The van der Waals surface area contributed by atoms with E-state index in [1.807, 2.05) is 20.8 Å². The van der Waals surface area contributed by atoms with Gasteiger partial charge in [0, 0.05) is 25.0 Å². The molecule has 1 aromatic carbocycles. The van der Waals surface area contributed by atoms with E-state index in [-0.39, 0.29) is 23.0 Å². The highest BCUT2D eigenvalue weighted by atomic mass is 19.4. The highest BCUT2D eigenvalue weighted by molar-refractivity contribution is 5.98. The van der Waals surface area contributed by atoms with E-state index < -0.39 is 17.5 Å². The number of aromatic nitrogens is 1. The van der Waals surface area contributed by atoms with Crippen LogP contribution in [0.15, 0.2) is 24.3 Å². The number of fused-ring (bicyclic) bond motifs is 1. The molecule has 3 N–H and O–H groups in total. The predicted molar refractivity (Wildman–Crippen MR) is 115 cm³/mol. The maximum absolute atomic E-state index is 13.4. The maximum atomic E-state index is 13.4. The number of benzene rings is 1. The molecule has 1 amide bonds. The average Bonchev–Trinajstić information content (AvgIpc) is 2.67. The fraction of sp³-hybridized carbons (Fsp3) is 0.545. The Balaban J connectivity index is 1.62. The van der Waals surface area contributed by atoms with E-state index in [0.717, 1.165) is 19.3 Å². The van der Waals surface area contributed by atoms with Gasteiger partial charge in [-0.25, -0.2) is 9.78 Å². The van der Waals surface area contributed by atoms with E-state index in [1.54, 1.807) is 29.2 Å². The number of halogens is 3. The number of likely N-dealkylation sites (tertiary alicyclic amines) is 1. The minimum absolute atomic E-state index is 0.247. The number of anilines is 2. The third-order valence-corrected chi connectivity index (χ3v) is 5.32. The van der Waals surface area contributed by atoms with Gasteiger partial charge in [0.25, 0.3) is 0 Å². The van der Waals surface area contributed by atoms with Gasteiger partial charge in [0.1, 0.15) is 5.60 Å². The van der Waals surface area contributed by atoms with Crippen molar-refractivity contribution in [2.75, 3.05) is 30.7 Å². The number of carbonyl (C=O) groups excluding carboxylic acids is 1. The number of hydrogen-bond acceptors (Lipinski definition) is 5. The molecule has 2 heterocycles. The first kappa shape index (κ1) is 23.0. The molecule has 0 bridgehead atoms. The summed E-state index contributed by atoms with van der Waals surface area (Å²) in [4.78, 5) is 17.6. The maximum Gasteiger partial charge on any atom is 0.435 e. The second kappa shape index (κ2) is 8.80. The summed E-state index contributed by atoms with van der Waals surface area (Å²) in [5.74, 6) is 0.364. The Morgan fingerprint density at radius 2 is 1.87 bits per heavy atom. The van der Waals surface area contributed by atoms with Gasteiger partial charge in [0.2, 0.25) is 0 Å². The topological polar surface area (TPSA) is 80.5 Å². The van der Waals surface area contributed by atoms with Crippen molar-refractivity contribution in [3.63, 3.8) is 0 Å². The zero-order valence-electron chi connectivity index (χ0n) is 18.1. The summed E-state index contributed by atoms with van der Waals surface area (Å²) in [6.07, 6.45) is -2.53. The van der Waals surface area contributed by atoms with Crippen LogP contribution in [0.2, 0.25) is 0 Å². The first-order valence-corrected chi connectivity index (χ1v) is 10.4. The van der Waals surface area contributed by atoms with Gasteiger partial charge in [-0.3, -0.25) is 0 Å². The molecular weight excluding hydrogens is 409 g/mol. The minimum Gasteiger partial charge on any atom is -0.444 e. The lowest BCUT2D eigenvalue weighted by molar-refractivity contribution is -0.140. The Kier molecular flexibility index (Phi) is 6.52. The highest BCUT2D eigenvalue weighted by Crippen LogP contribution is 2.39. The van der Waals surface area contributed by atoms with Crippen LogP contribution in [0.3, 0.4) is 0 Å². The summed E-state index contributed by atoms with van der Waals surface area (Å²) in [7, 11) is 0. The van der Waals surface area contributed by atoms with Crippen molar-refractivity contribution in [1.82, 2.24) is 9.88 Å². The second-order valence-electron chi connectivity index (χ2n) is 8.89. The van der Waals surface area contributed by atoms with E-state index in [1.165, 1.54) is 0 Å². The predicted octanol–water partition coefficient (Wildman–Crippen LogP) is 5.28. The molecule has 1 aliphatic rings. The van der Waals surface area contributed by atoms with E-state index in [9.17, 15) is 18.0 Å². The number of nitrogens with one attached hydrogen (secondary N) is 1. The second-order valence-corrected chi connectivity index (χ2v) is 8.89. The number of nitrogen functional groups attached to an aromatic ring is 1. The molecule has 0 radical (unpaired) electrons. The number of carbonyl (C=O) groups is 1. The number of amides is 1. The Labute approximate surface area is 179 Å². The molecule has 31 heavy (non-hydrogen) atoms. The lowest BCUT2D eigenvalue weighted by Crippen LogP contribution is -2.41. The lowest BCUT2D eigenvalue weighted by Gasteiger charge is -2.33.